The monoisotopic (exact) mass is 229 g/mol. The summed E-state index contributed by atoms with van der Waals surface area (Å²) in [6, 6.07) is 0.520. The van der Waals surface area contributed by atoms with E-state index in [2.05, 4.69) is 5.32 Å². The van der Waals surface area contributed by atoms with Gasteiger partial charge >= 0.3 is 5.97 Å². The van der Waals surface area contributed by atoms with Crippen LogP contribution in [-0.2, 0) is 14.3 Å². The van der Waals surface area contributed by atoms with Crippen LogP contribution in [0.3, 0.4) is 0 Å². The summed E-state index contributed by atoms with van der Waals surface area (Å²) in [5.74, 6) is -0.274. The molecule has 0 aromatic heterocycles. The largest absolute Gasteiger partial charge is 0.456 e. The summed E-state index contributed by atoms with van der Waals surface area (Å²) < 4.78 is 10.2. The van der Waals surface area contributed by atoms with Crippen LogP contribution in [0.25, 0.3) is 0 Å². The first-order valence-electron chi connectivity index (χ1n) is 5.69. The standard InChI is InChI=1S/C11H19NO4/c1-6-8(12-6)11(2,3)10(14)16-7-4-5-15-9(7)13/h6-9,12-13H,4-5H2,1-3H3/t6-,7?,8?,9?/m0/s1. The summed E-state index contributed by atoms with van der Waals surface area (Å²) in [7, 11) is 0. The van der Waals surface area contributed by atoms with Gasteiger partial charge in [0.15, 0.2) is 12.4 Å². The van der Waals surface area contributed by atoms with Crippen molar-refractivity contribution < 1.29 is 19.4 Å². The van der Waals surface area contributed by atoms with Gasteiger partial charge in [0.1, 0.15) is 0 Å². The van der Waals surface area contributed by atoms with Crippen LogP contribution in [0.5, 0.6) is 0 Å². The predicted molar refractivity (Wildman–Crippen MR) is 56.6 cm³/mol. The predicted octanol–water partition coefficient (Wildman–Crippen LogP) is 0.0234. The zero-order chi connectivity index (χ0) is 11.9. The number of carbonyl (C=O) groups is 1. The maximum atomic E-state index is 12.0. The molecule has 0 bridgehead atoms. The highest BCUT2D eigenvalue weighted by molar-refractivity contribution is 5.78. The zero-order valence-electron chi connectivity index (χ0n) is 9.90. The molecule has 2 aliphatic rings. The Balaban J connectivity index is 1.92. The van der Waals surface area contributed by atoms with E-state index in [-0.39, 0.29) is 12.0 Å². The Morgan fingerprint density at radius 2 is 2.19 bits per heavy atom. The summed E-state index contributed by atoms with van der Waals surface area (Å²) in [5, 5.41) is 12.6. The lowest BCUT2D eigenvalue weighted by molar-refractivity contribution is -0.175. The van der Waals surface area contributed by atoms with Crippen LogP contribution in [0.2, 0.25) is 0 Å². The number of esters is 1. The molecule has 2 rings (SSSR count). The van der Waals surface area contributed by atoms with Crippen LogP contribution in [0.15, 0.2) is 0 Å². The Morgan fingerprint density at radius 3 is 2.62 bits per heavy atom. The first-order chi connectivity index (χ1) is 7.43. The molecule has 2 heterocycles. The third-order valence-corrected chi connectivity index (χ3v) is 3.40. The number of nitrogens with one attached hydrogen (secondary N) is 1. The molecule has 5 heteroatoms. The number of carbonyl (C=O) groups excluding carboxylic acids is 1. The second-order valence-electron chi connectivity index (χ2n) is 5.15. The molecule has 92 valence electrons. The van der Waals surface area contributed by atoms with Crippen LogP contribution in [-0.4, -0.2) is 42.2 Å². The molecular weight excluding hydrogens is 210 g/mol. The van der Waals surface area contributed by atoms with E-state index in [1.807, 2.05) is 20.8 Å². The van der Waals surface area contributed by atoms with Gasteiger partial charge in [0.25, 0.3) is 0 Å². The van der Waals surface area contributed by atoms with Gasteiger partial charge in [-0.1, -0.05) is 0 Å². The molecule has 2 N–H and O–H groups in total. The van der Waals surface area contributed by atoms with Crippen molar-refractivity contribution in [2.75, 3.05) is 6.61 Å². The van der Waals surface area contributed by atoms with E-state index in [0.29, 0.717) is 19.1 Å². The minimum Gasteiger partial charge on any atom is -0.456 e. The quantitative estimate of drug-likeness (QED) is 0.527. The fourth-order valence-electron chi connectivity index (χ4n) is 2.15. The molecule has 5 nitrogen and oxygen atoms in total. The fourth-order valence-corrected chi connectivity index (χ4v) is 2.15. The molecule has 3 unspecified atom stereocenters. The molecule has 0 aliphatic carbocycles. The van der Waals surface area contributed by atoms with Crippen molar-refractivity contribution in [3.05, 3.63) is 0 Å². The van der Waals surface area contributed by atoms with Crippen molar-refractivity contribution in [3.63, 3.8) is 0 Å². The third kappa shape index (κ3) is 2.07. The second-order valence-corrected chi connectivity index (χ2v) is 5.15. The average Bonchev–Trinajstić information content (AvgIpc) is 2.82. The van der Waals surface area contributed by atoms with Crippen molar-refractivity contribution in [3.8, 4) is 0 Å². The minimum atomic E-state index is -0.968. The van der Waals surface area contributed by atoms with Crippen LogP contribution in [0.4, 0.5) is 0 Å². The number of rotatable bonds is 3. The van der Waals surface area contributed by atoms with E-state index in [9.17, 15) is 9.90 Å². The van der Waals surface area contributed by atoms with Gasteiger partial charge in [-0.25, -0.2) is 0 Å². The highest BCUT2D eigenvalue weighted by Crippen LogP contribution is 2.33. The fraction of sp³-hybridized carbons (Fsp3) is 0.909. The van der Waals surface area contributed by atoms with Gasteiger partial charge in [0, 0.05) is 18.5 Å². The number of hydrogen-bond acceptors (Lipinski definition) is 5. The van der Waals surface area contributed by atoms with Gasteiger partial charge < -0.3 is 19.9 Å². The van der Waals surface area contributed by atoms with E-state index < -0.39 is 17.8 Å². The molecule has 0 saturated carbocycles. The normalized spacial score (nSPS) is 38.5. The Bertz CT molecular complexity index is 292. The number of ether oxygens (including phenoxy) is 2. The molecule has 0 aromatic rings. The molecule has 2 aliphatic heterocycles. The van der Waals surface area contributed by atoms with E-state index in [1.54, 1.807) is 0 Å². The zero-order valence-corrected chi connectivity index (χ0v) is 9.90. The van der Waals surface area contributed by atoms with Gasteiger partial charge in [-0.15, -0.1) is 0 Å². The van der Waals surface area contributed by atoms with Crippen molar-refractivity contribution in [1.82, 2.24) is 5.32 Å². The molecule has 0 radical (unpaired) electrons. The van der Waals surface area contributed by atoms with E-state index in [4.69, 9.17) is 9.47 Å². The maximum absolute atomic E-state index is 12.0. The topological polar surface area (TPSA) is 77.7 Å². The highest BCUT2D eigenvalue weighted by Gasteiger charge is 2.50. The first kappa shape index (κ1) is 11.8. The van der Waals surface area contributed by atoms with Gasteiger partial charge in [-0.2, -0.15) is 0 Å². The van der Waals surface area contributed by atoms with Crippen LogP contribution in [0.1, 0.15) is 27.2 Å². The van der Waals surface area contributed by atoms with Gasteiger partial charge in [-0.3, -0.25) is 4.79 Å². The highest BCUT2D eigenvalue weighted by atomic mass is 16.7. The van der Waals surface area contributed by atoms with Gasteiger partial charge in [0.2, 0.25) is 0 Å². The molecule has 0 spiro atoms. The average molecular weight is 229 g/mol. The summed E-state index contributed by atoms with van der Waals surface area (Å²) in [6.07, 6.45) is -0.915. The number of aliphatic hydroxyl groups excluding tert-OH is 1. The summed E-state index contributed by atoms with van der Waals surface area (Å²) in [4.78, 5) is 12.0. The molecule has 2 saturated heterocycles. The van der Waals surface area contributed by atoms with Crippen LogP contribution >= 0.6 is 0 Å². The summed E-state index contributed by atoms with van der Waals surface area (Å²) in [6.45, 7) is 6.20. The molecule has 0 aromatic carbocycles. The smallest absolute Gasteiger partial charge is 0.313 e. The molecule has 0 amide bonds. The summed E-state index contributed by atoms with van der Waals surface area (Å²) in [5.41, 5.74) is -0.554. The van der Waals surface area contributed by atoms with Crippen LogP contribution in [0, 0.1) is 5.41 Å². The van der Waals surface area contributed by atoms with Gasteiger partial charge in [0.05, 0.1) is 12.0 Å². The van der Waals surface area contributed by atoms with E-state index in [0.717, 1.165) is 0 Å². The minimum absolute atomic E-state index is 0.166. The molecular formula is C11H19NO4. The maximum Gasteiger partial charge on any atom is 0.313 e. The Morgan fingerprint density at radius 1 is 1.56 bits per heavy atom. The second kappa shape index (κ2) is 3.98. The molecule has 4 atom stereocenters. The Kier molecular flexibility index (Phi) is 2.94. The van der Waals surface area contributed by atoms with Crippen molar-refractivity contribution in [2.45, 2.75) is 51.7 Å². The van der Waals surface area contributed by atoms with Crippen molar-refractivity contribution in [2.24, 2.45) is 5.41 Å². The lowest BCUT2D eigenvalue weighted by Crippen LogP contribution is -2.38. The SMILES string of the molecule is C[C@@H]1NC1C(C)(C)C(=O)OC1CCOC1O. The Hall–Kier alpha value is -0.650. The lowest BCUT2D eigenvalue weighted by Gasteiger charge is -2.24. The van der Waals surface area contributed by atoms with E-state index >= 15 is 0 Å². The van der Waals surface area contributed by atoms with Crippen molar-refractivity contribution in [1.29, 1.82) is 0 Å². The molecule has 2 fully saturated rings. The van der Waals surface area contributed by atoms with Crippen molar-refractivity contribution >= 4 is 5.97 Å². The number of aliphatic hydroxyl groups is 1. The number of hydrogen-bond donors (Lipinski definition) is 2. The lowest BCUT2D eigenvalue weighted by atomic mass is 9.87. The van der Waals surface area contributed by atoms with E-state index in [1.165, 1.54) is 0 Å². The Labute approximate surface area is 95.1 Å². The first-order valence-corrected chi connectivity index (χ1v) is 5.69. The summed E-state index contributed by atoms with van der Waals surface area (Å²) >= 11 is 0. The van der Waals surface area contributed by atoms with Crippen LogP contribution < -0.4 is 5.32 Å². The molecule has 16 heavy (non-hydrogen) atoms. The van der Waals surface area contributed by atoms with Gasteiger partial charge in [-0.05, 0) is 20.8 Å². The third-order valence-electron chi connectivity index (χ3n) is 3.40.